The van der Waals surface area contributed by atoms with Gasteiger partial charge in [0.2, 0.25) is 0 Å². The highest BCUT2D eigenvalue weighted by molar-refractivity contribution is 7.10. The van der Waals surface area contributed by atoms with Crippen molar-refractivity contribution < 1.29 is 0 Å². The van der Waals surface area contributed by atoms with Crippen molar-refractivity contribution in [1.82, 2.24) is 5.32 Å². The number of fused-ring (bicyclic) bond motifs is 1. The smallest absolute Gasteiger partial charge is 0.0528 e. The zero-order valence-electron chi connectivity index (χ0n) is 9.26. The highest BCUT2D eigenvalue weighted by Gasteiger charge is 2.36. The summed E-state index contributed by atoms with van der Waals surface area (Å²) in [4.78, 5) is 1.57. The summed E-state index contributed by atoms with van der Waals surface area (Å²) >= 11 is 1.91. The van der Waals surface area contributed by atoms with E-state index in [-0.39, 0.29) is 5.54 Å². The molecule has 1 aliphatic heterocycles. The number of hydrogen-bond donors (Lipinski definition) is 1. The molecule has 1 N–H and O–H groups in total. The van der Waals surface area contributed by atoms with Gasteiger partial charge in [0.25, 0.3) is 0 Å². The molecule has 0 radical (unpaired) electrons. The fourth-order valence-electron chi connectivity index (χ4n) is 2.33. The van der Waals surface area contributed by atoms with Crippen LogP contribution in [0.1, 0.15) is 37.6 Å². The molecule has 0 saturated heterocycles. The van der Waals surface area contributed by atoms with Crippen molar-refractivity contribution in [2.24, 2.45) is 5.92 Å². The molecular formula is C12H19NS. The predicted octanol–water partition coefficient (Wildman–Crippen LogP) is 3.16. The maximum Gasteiger partial charge on any atom is 0.0528 e. The van der Waals surface area contributed by atoms with E-state index >= 15 is 0 Å². The van der Waals surface area contributed by atoms with Crippen LogP contribution >= 0.6 is 11.3 Å². The van der Waals surface area contributed by atoms with Gasteiger partial charge in [0.05, 0.1) is 5.54 Å². The Hall–Kier alpha value is -0.340. The number of hydrogen-bond acceptors (Lipinski definition) is 2. The molecule has 1 nitrogen and oxygen atoms in total. The maximum absolute atomic E-state index is 3.70. The van der Waals surface area contributed by atoms with Crippen LogP contribution in [0, 0.1) is 5.92 Å². The molecule has 2 heterocycles. The van der Waals surface area contributed by atoms with Crippen molar-refractivity contribution in [2.75, 3.05) is 6.54 Å². The van der Waals surface area contributed by atoms with E-state index in [9.17, 15) is 0 Å². The van der Waals surface area contributed by atoms with Gasteiger partial charge in [0.15, 0.2) is 0 Å². The Balaban J connectivity index is 2.39. The van der Waals surface area contributed by atoms with E-state index in [1.54, 1.807) is 10.4 Å². The first-order valence-electron chi connectivity index (χ1n) is 5.50. The predicted molar refractivity (Wildman–Crippen MR) is 62.8 cm³/mol. The summed E-state index contributed by atoms with van der Waals surface area (Å²) in [5.74, 6) is 0.709. The van der Waals surface area contributed by atoms with Crippen molar-refractivity contribution >= 4 is 11.3 Å². The molecule has 0 aromatic carbocycles. The zero-order chi connectivity index (χ0) is 10.2. The van der Waals surface area contributed by atoms with Gasteiger partial charge in [-0.2, -0.15) is 0 Å². The van der Waals surface area contributed by atoms with Gasteiger partial charge in [-0.15, -0.1) is 11.3 Å². The van der Waals surface area contributed by atoms with Crippen LogP contribution in [0.25, 0.3) is 0 Å². The Morgan fingerprint density at radius 3 is 3.14 bits per heavy atom. The van der Waals surface area contributed by atoms with E-state index in [0.717, 1.165) is 6.54 Å². The van der Waals surface area contributed by atoms with Crippen LogP contribution in [-0.4, -0.2) is 6.54 Å². The monoisotopic (exact) mass is 209 g/mol. The molecule has 14 heavy (non-hydrogen) atoms. The number of nitrogens with one attached hydrogen (secondary N) is 1. The Morgan fingerprint density at radius 1 is 1.64 bits per heavy atom. The fourth-order valence-corrected chi connectivity index (χ4v) is 3.54. The summed E-state index contributed by atoms with van der Waals surface area (Å²) in [7, 11) is 0. The molecule has 2 atom stereocenters. The van der Waals surface area contributed by atoms with E-state index in [0.29, 0.717) is 5.92 Å². The second-order valence-electron chi connectivity index (χ2n) is 4.46. The van der Waals surface area contributed by atoms with Gasteiger partial charge in [-0.25, -0.2) is 0 Å². The van der Waals surface area contributed by atoms with E-state index in [2.05, 4.69) is 37.5 Å². The van der Waals surface area contributed by atoms with Gasteiger partial charge < -0.3 is 5.32 Å². The molecule has 0 aliphatic carbocycles. The molecule has 2 rings (SSSR count). The summed E-state index contributed by atoms with van der Waals surface area (Å²) in [6.45, 7) is 8.11. The lowest BCUT2D eigenvalue weighted by Gasteiger charge is -2.39. The second kappa shape index (κ2) is 3.67. The largest absolute Gasteiger partial charge is 0.306 e. The van der Waals surface area contributed by atoms with Gasteiger partial charge in [-0.05, 0) is 36.3 Å². The molecule has 78 valence electrons. The quantitative estimate of drug-likeness (QED) is 0.789. The van der Waals surface area contributed by atoms with Crippen LogP contribution in [0.4, 0.5) is 0 Å². The molecule has 0 spiro atoms. The lowest BCUT2D eigenvalue weighted by Crippen LogP contribution is -2.48. The van der Waals surface area contributed by atoms with Crippen molar-refractivity contribution in [1.29, 1.82) is 0 Å². The van der Waals surface area contributed by atoms with Crippen LogP contribution in [0.2, 0.25) is 0 Å². The van der Waals surface area contributed by atoms with Crippen LogP contribution in [0.15, 0.2) is 11.4 Å². The number of thiophene rings is 1. The highest BCUT2D eigenvalue weighted by atomic mass is 32.1. The van der Waals surface area contributed by atoms with Gasteiger partial charge in [-0.3, -0.25) is 0 Å². The van der Waals surface area contributed by atoms with Crippen molar-refractivity contribution in [3.63, 3.8) is 0 Å². The molecule has 0 bridgehead atoms. The van der Waals surface area contributed by atoms with Crippen LogP contribution < -0.4 is 5.32 Å². The first-order chi connectivity index (χ1) is 6.68. The zero-order valence-corrected chi connectivity index (χ0v) is 10.1. The SMILES string of the molecule is CCC(C)C1(C)NCCc2ccsc21. The second-order valence-corrected chi connectivity index (χ2v) is 5.38. The summed E-state index contributed by atoms with van der Waals surface area (Å²) < 4.78 is 0. The standard InChI is InChI=1S/C12H19NS/c1-4-9(2)12(3)11-10(5-7-13-12)6-8-14-11/h6,8-9,13H,4-5,7H2,1-3H3. The molecule has 1 aromatic rings. The van der Waals surface area contributed by atoms with E-state index in [1.807, 2.05) is 11.3 Å². The first-order valence-corrected chi connectivity index (χ1v) is 6.38. The minimum Gasteiger partial charge on any atom is -0.306 e. The molecule has 1 aromatic heterocycles. The van der Waals surface area contributed by atoms with Gasteiger partial charge in [-0.1, -0.05) is 20.3 Å². The lowest BCUT2D eigenvalue weighted by atomic mass is 9.80. The van der Waals surface area contributed by atoms with Gasteiger partial charge in [0.1, 0.15) is 0 Å². The molecule has 1 aliphatic rings. The molecule has 2 heteroatoms. The first kappa shape index (κ1) is 10.2. The summed E-state index contributed by atoms with van der Waals surface area (Å²) in [6, 6.07) is 2.29. The van der Waals surface area contributed by atoms with Crippen molar-refractivity contribution in [3.8, 4) is 0 Å². The molecule has 2 unspecified atom stereocenters. The van der Waals surface area contributed by atoms with Crippen molar-refractivity contribution in [2.45, 2.75) is 39.2 Å². The maximum atomic E-state index is 3.70. The Bertz CT molecular complexity index is 318. The summed E-state index contributed by atoms with van der Waals surface area (Å²) in [5, 5.41) is 5.93. The average Bonchev–Trinajstić information content (AvgIpc) is 2.66. The highest BCUT2D eigenvalue weighted by Crippen LogP contribution is 2.39. The van der Waals surface area contributed by atoms with Gasteiger partial charge >= 0.3 is 0 Å². The van der Waals surface area contributed by atoms with Gasteiger partial charge in [0, 0.05) is 11.4 Å². The minimum absolute atomic E-state index is 0.219. The Kier molecular flexibility index (Phi) is 2.67. The van der Waals surface area contributed by atoms with Crippen LogP contribution in [0.5, 0.6) is 0 Å². The average molecular weight is 209 g/mol. The van der Waals surface area contributed by atoms with E-state index < -0.39 is 0 Å². The normalized spacial score (nSPS) is 28.5. The fraction of sp³-hybridized carbons (Fsp3) is 0.667. The minimum atomic E-state index is 0.219. The third-order valence-electron chi connectivity index (χ3n) is 3.70. The molecule has 0 amide bonds. The summed E-state index contributed by atoms with van der Waals surface area (Å²) in [6.07, 6.45) is 2.44. The van der Waals surface area contributed by atoms with Crippen LogP contribution in [0.3, 0.4) is 0 Å². The molecular weight excluding hydrogens is 190 g/mol. The molecule has 0 saturated carbocycles. The molecule has 0 fully saturated rings. The van der Waals surface area contributed by atoms with Crippen LogP contribution in [-0.2, 0) is 12.0 Å². The van der Waals surface area contributed by atoms with E-state index in [1.165, 1.54) is 12.8 Å². The Labute approximate surface area is 90.5 Å². The third-order valence-corrected chi connectivity index (χ3v) is 4.90. The van der Waals surface area contributed by atoms with E-state index in [4.69, 9.17) is 0 Å². The van der Waals surface area contributed by atoms with Crippen molar-refractivity contribution in [3.05, 3.63) is 21.9 Å². The topological polar surface area (TPSA) is 12.0 Å². The Morgan fingerprint density at radius 2 is 2.43 bits per heavy atom. The summed E-state index contributed by atoms with van der Waals surface area (Å²) in [5.41, 5.74) is 1.78. The lowest BCUT2D eigenvalue weighted by molar-refractivity contribution is 0.236. The number of rotatable bonds is 2. The third kappa shape index (κ3) is 1.41.